The van der Waals surface area contributed by atoms with E-state index in [2.05, 4.69) is 29.8 Å². The average Bonchev–Trinajstić information content (AvgIpc) is 3.14. The van der Waals surface area contributed by atoms with Crippen molar-refractivity contribution >= 4 is 18.1 Å². The Balaban J connectivity index is 2.26. The van der Waals surface area contributed by atoms with Gasteiger partial charge >= 0.3 is 12.2 Å². The average molecular weight is 716 g/mol. The van der Waals surface area contributed by atoms with E-state index in [0.717, 1.165) is 31.2 Å². The van der Waals surface area contributed by atoms with Gasteiger partial charge in [-0.15, -0.1) is 0 Å². The molecule has 0 aromatic heterocycles. The largest absolute Gasteiger partial charge is 0.450 e. The van der Waals surface area contributed by atoms with Crippen LogP contribution in [0.4, 0.5) is 9.59 Å². The number of nitrogens with one attached hydrogen (secondary N) is 3. The Labute approximate surface area is 312 Å². The normalized spacial score (nSPS) is 11.6. The van der Waals surface area contributed by atoms with Gasteiger partial charge in [-0.1, -0.05) is 185 Å². The highest BCUT2D eigenvalue weighted by Crippen LogP contribution is 2.14. The summed E-state index contributed by atoms with van der Waals surface area (Å²) in [6.07, 6.45) is 31.1. The standard InChI is InChI=1S/C43H77N3O5/c1-3-5-7-9-11-13-15-16-17-18-20-22-24-31-37-50-43(49)46-40(41(47)44-35-29-23-21-19-14-12-10-8-6-4-2)34-28-30-36-45-42(48)51-38-39-32-26-25-27-33-39/h25-27,32-33,40H,3-24,28-31,34-38H2,1-2H3,(H,44,47)(H,45,48)(H,46,49)/t40-/m0/s1. The zero-order valence-electron chi connectivity index (χ0n) is 32.9. The maximum Gasteiger partial charge on any atom is 0.407 e. The van der Waals surface area contributed by atoms with Gasteiger partial charge in [0.25, 0.3) is 0 Å². The van der Waals surface area contributed by atoms with E-state index in [-0.39, 0.29) is 12.5 Å². The van der Waals surface area contributed by atoms with Crippen LogP contribution in [0.2, 0.25) is 0 Å². The van der Waals surface area contributed by atoms with Crippen LogP contribution < -0.4 is 16.0 Å². The molecule has 0 bridgehead atoms. The quantitative estimate of drug-likeness (QED) is 0.0607. The minimum absolute atomic E-state index is 0.172. The van der Waals surface area contributed by atoms with Gasteiger partial charge in [-0.3, -0.25) is 4.79 Å². The number of amides is 3. The van der Waals surface area contributed by atoms with Crippen LogP contribution in [0.1, 0.15) is 193 Å². The summed E-state index contributed by atoms with van der Waals surface area (Å²) in [6, 6.07) is 8.89. The number of hydrogen-bond acceptors (Lipinski definition) is 5. The second-order valence-electron chi connectivity index (χ2n) is 14.4. The van der Waals surface area contributed by atoms with Gasteiger partial charge in [-0.2, -0.15) is 0 Å². The zero-order valence-corrected chi connectivity index (χ0v) is 32.9. The first-order valence-electron chi connectivity index (χ1n) is 21.2. The minimum atomic E-state index is -0.665. The third-order valence-corrected chi connectivity index (χ3v) is 9.57. The lowest BCUT2D eigenvalue weighted by Crippen LogP contribution is -2.47. The van der Waals surface area contributed by atoms with Crippen LogP contribution in [-0.4, -0.2) is 43.8 Å². The molecule has 1 rings (SSSR count). The van der Waals surface area contributed by atoms with Crippen LogP contribution in [0.25, 0.3) is 0 Å². The second-order valence-corrected chi connectivity index (χ2v) is 14.4. The first kappa shape index (κ1) is 46.3. The molecule has 0 unspecified atom stereocenters. The molecule has 0 radical (unpaired) electrons. The Bertz CT molecular complexity index is 945. The molecule has 1 aromatic rings. The van der Waals surface area contributed by atoms with Crippen LogP contribution in [0.3, 0.4) is 0 Å². The highest BCUT2D eigenvalue weighted by molar-refractivity contribution is 5.85. The summed E-state index contributed by atoms with van der Waals surface area (Å²) in [7, 11) is 0. The van der Waals surface area contributed by atoms with E-state index in [0.29, 0.717) is 39.0 Å². The van der Waals surface area contributed by atoms with E-state index in [4.69, 9.17) is 9.47 Å². The van der Waals surface area contributed by atoms with E-state index in [1.54, 1.807) is 0 Å². The maximum atomic E-state index is 13.1. The SMILES string of the molecule is CCCCCCCCCCCCCCCCOC(=O)N[C@@H](CCCCNC(=O)OCc1ccccc1)C(=O)NCCCCCCCCCCCC. The van der Waals surface area contributed by atoms with Crippen molar-refractivity contribution in [3.63, 3.8) is 0 Å². The molecule has 0 spiro atoms. The lowest BCUT2D eigenvalue weighted by Gasteiger charge is -2.18. The molecule has 0 saturated heterocycles. The molecule has 0 aliphatic heterocycles. The van der Waals surface area contributed by atoms with Gasteiger partial charge in [0.05, 0.1) is 6.61 Å². The Kier molecular flexibility index (Phi) is 32.3. The van der Waals surface area contributed by atoms with E-state index in [1.807, 2.05) is 30.3 Å². The highest BCUT2D eigenvalue weighted by atomic mass is 16.6. The first-order valence-corrected chi connectivity index (χ1v) is 21.2. The van der Waals surface area contributed by atoms with Gasteiger partial charge in [0.1, 0.15) is 12.6 Å². The molecule has 51 heavy (non-hydrogen) atoms. The van der Waals surface area contributed by atoms with Gasteiger partial charge in [0, 0.05) is 13.1 Å². The van der Waals surface area contributed by atoms with E-state index >= 15 is 0 Å². The van der Waals surface area contributed by atoms with Gasteiger partial charge in [-0.25, -0.2) is 9.59 Å². The molecular formula is C43H77N3O5. The van der Waals surface area contributed by atoms with Crippen molar-refractivity contribution in [2.75, 3.05) is 19.7 Å². The maximum absolute atomic E-state index is 13.1. The van der Waals surface area contributed by atoms with Crippen LogP contribution >= 0.6 is 0 Å². The molecule has 0 saturated carbocycles. The fraction of sp³-hybridized carbons (Fsp3) is 0.791. The van der Waals surface area contributed by atoms with Gasteiger partial charge in [0.15, 0.2) is 0 Å². The molecule has 0 aliphatic carbocycles. The Morgan fingerprint density at radius 1 is 0.510 bits per heavy atom. The third-order valence-electron chi connectivity index (χ3n) is 9.57. The van der Waals surface area contributed by atoms with Crippen molar-refractivity contribution in [1.29, 1.82) is 0 Å². The summed E-state index contributed by atoms with van der Waals surface area (Å²) in [6.45, 7) is 6.15. The molecule has 1 atom stereocenters. The molecule has 1 aromatic carbocycles. The van der Waals surface area contributed by atoms with Crippen molar-refractivity contribution in [3.05, 3.63) is 35.9 Å². The summed E-state index contributed by atoms with van der Waals surface area (Å²) in [5, 5.41) is 8.61. The molecule has 0 fully saturated rings. The van der Waals surface area contributed by atoms with Crippen molar-refractivity contribution in [3.8, 4) is 0 Å². The number of rotatable bonds is 35. The summed E-state index contributed by atoms with van der Waals surface area (Å²) in [5.74, 6) is -0.172. The summed E-state index contributed by atoms with van der Waals surface area (Å²) in [5.41, 5.74) is 0.932. The molecule has 8 heteroatoms. The van der Waals surface area contributed by atoms with Gasteiger partial charge in [0.2, 0.25) is 5.91 Å². The van der Waals surface area contributed by atoms with Crippen LogP contribution in [0.5, 0.6) is 0 Å². The second kappa shape index (κ2) is 35.6. The van der Waals surface area contributed by atoms with Crippen molar-refractivity contribution in [2.45, 2.75) is 200 Å². The van der Waals surface area contributed by atoms with Crippen molar-refractivity contribution in [2.24, 2.45) is 0 Å². The fourth-order valence-corrected chi connectivity index (χ4v) is 6.30. The van der Waals surface area contributed by atoms with Crippen LogP contribution in [0.15, 0.2) is 30.3 Å². The summed E-state index contributed by atoms with van der Waals surface area (Å²) in [4.78, 5) is 37.8. The highest BCUT2D eigenvalue weighted by Gasteiger charge is 2.21. The lowest BCUT2D eigenvalue weighted by atomic mass is 10.0. The van der Waals surface area contributed by atoms with Crippen molar-refractivity contribution in [1.82, 2.24) is 16.0 Å². The van der Waals surface area contributed by atoms with E-state index < -0.39 is 18.2 Å². The minimum Gasteiger partial charge on any atom is -0.450 e. The number of ether oxygens (including phenoxy) is 2. The fourth-order valence-electron chi connectivity index (χ4n) is 6.30. The van der Waals surface area contributed by atoms with Crippen LogP contribution in [-0.2, 0) is 20.9 Å². The summed E-state index contributed by atoms with van der Waals surface area (Å²) < 4.78 is 10.7. The number of carbonyl (C=O) groups is 3. The first-order chi connectivity index (χ1) is 25.1. The molecule has 294 valence electrons. The Hall–Kier alpha value is -2.77. The lowest BCUT2D eigenvalue weighted by molar-refractivity contribution is -0.123. The molecule has 0 heterocycles. The number of alkyl carbamates (subject to hydrolysis) is 2. The predicted octanol–water partition coefficient (Wildman–Crippen LogP) is 11.7. The number of unbranched alkanes of at least 4 members (excludes halogenated alkanes) is 23. The molecule has 8 nitrogen and oxygen atoms in total. The number of hydrogen-bond donors (Lipinski definition) is 3. The smallest absolute Gasteiger partial charge is 0.407 e. The zero-order chi connectivity index (χ0) is 36.9. The Morgan fingerprint density at radius 3 is 1.49 bits per heavy atom. The summed E-state index contributed by atoms with van der Waals surface area (Å²) >= 11 is 0. The van der Waals surface area contributed by atoms with E-state index in [1.165, 1.54) is 128 Å². The number of benzene rings is 1. The molecule has 0 aliphatic rings. The predicted molar refractivity (Wildman–Crippen MR) is 212 cm³/mol. The van der Waals surface area contributed by atoms with Crippen LogP contribution in [0, 0.1) is 0 Å². The topological polar surface area (TPSA) is 106 Å². The van der Waals surface area contributed by atoms with Gasteiger partial charge in [-0.05, 0) is 37.7 Å². The molecule has 3 amide bonds. The monoisotopic (exact) mass is 716 g/mol. The van der Waals surface area contributed by atoms with E-state index in [9.17, 15) is 14.4 Å². The molecule has 3 N–H and O–H groups in total. The molecular weight excluding hydrogens is 638 g/mol. The number of carbonyl (C=O) groups excluding carboxylic acids is 3. The Morgan fingerprint density at radius 2 is 0.961 bits per heavy atom. The van der Waals surface area contributed by atoms with Gasteiger partial charge < -0.3 is 25.4 Å². The van der Waals surface area contributed by atoms with Crippen molar-refractivity contribution < 1.29 is 23.9 Å². The third kappa shape index (κ3) is 30.6.